The summed E-state index contributed by atoms with van der Waals surface area (Å²) < 4.78 is 5.28. The van der Waals surface area contributed by atoms with E-state index in [1.165, 1.54) is 0 Å². The molecule has 0 bridgehead atoms. The minimum absolute atomic E-state index is 0.00490. The van der Waals surface area contributed by atoms with Crippen molar-refractivity contribution in [2.75, 3.05) is 27.2 Å². The van der Waals surface area contributed by atoms with Crippen molar-refractivity contribution in [2.24, 2.45) is 5.92 Å². The summed E-state index contributed by atoms with van der Waals surface area (Å²) in [5.74, 6) is 0.106. The minimum atomic E-state index is -0.00490. The van der Waals surface area contributed by atoms with Crippen LogP contribution in [0.15, 0.2) is 0 Å². The highest BCUT2D eigenvalue weighted by atomic mass is 16.5. The summed E-state index contributed by atoms with van der Waals surface area (Å²) in [5.41, 5.74) is 0. The van der Waals surface area contributed by atoms with Gasteiger partial charge in [0.2, 0.25) is 0 Å². The van der Waals surface area contributed by atoms with Crippen LogP contribution in [0, 0.1) is 5.92 Å². The molecule has 0 aromatic heterocycles. The van der Waals surface area contributed by atoms with Crippen LogP contribution in [0.3, 0.4) is 0 Å². The third-order valence-electron chi connectivity index (χ3n) is 2.73. The summed E-state index contributed by atoms with van der Waals surface area (Å²) in [6, 6.07) is 0. The van der Waals surface area contributed by atoms with E-state index in [2.05, 4.69) is 18.7 Å². The number of carbonyl (C=O) groups is 1. The van der Waals surface area contributed by atoms with Crippen LogP contribution < -0.4 is 0 Å². The van der Waals surface area contributed by atoms with Gasteiger partial charge in [0.25, 0.3) is 0 Å². The van der Waals surface area contributed by atoms with Gasteiger partial charge in [0.15, 0.2) is 0 Å². The summed E-state index contributed by atoms with van der Waals surface area (Å²) in [5, 5.41) is 0. The third kappa shape index (κ3) is 7.69. The fourth-order valence-corrected chi connectivity index (χ4v) is 1.61. The van der Waals surface area contributed by atoms with E-state index in [9.17, 15) is 4.79 Å². The van der Waals surface area contributed by atoms with Crippen molar-refractivity contribution in [1.29, 1.82) is 0 Å². The Hall–Kier alpha value is -0.570. The van der Waals surface area contributed by atoms with E-state index in [0.717, 1.165) is 38.6 Å². The van der Waals surface area contributed by atoms with E-state index in [4.69, 9.17) is 4.74 Å². The van der Waals surface area contributed by atoms with Crippen LogP contribution in [-0.2, 0) is 9.53 Å². The maximum Gasteiger partial charge on any atom is 0.308 e. The van der Waals surface area contributed by atoms with E-state index < -0.39 is 0 Å². The largest absolute Gasteiger partial charge is 0.465 e. The monoisotopic (exact) mass is 229 g/mol. The number of unbranched alkanes of at least 4 members (excludes halogenated alkanes) is 1. The van der Waals surface area contributed by atoms with Gasteiger partial charge in [-0.15, -0.1) is 0 Å². The van der Waals surface area contributed by atoms with Crippen LogP contribution in [0.1, 0.15) is 46.0 Å². The van der Waals surface area contributed by atoms with Crippen LogP contribution in [0.5, 0.6) is 0 Å². The fraction of sp³-hybridized carbons (Fsp3) is 0.923. The van der Waals surface area contributed by atoms with Gasteiger partial charge in [0, 0.05) is 6.54 Å². The first-order valence-electron chi connectivity index (χ1n) is 6.43. The van der Waals surface area contributed by atoms with Crippen LogP contribution >= 0.6 is 0 Å². The molecule has 3 nitrogen and oxygen atoms in total. The molecule has 0 heterocycles. The molecule has 0 saturated carbocycles. The Labute approximate surface area is 100 Å². The Bertz CT molecular complexity index is 181. The zero-order valence-corrected chi connectivity index (χ0v) is 11.3. The third-order valence-corrected chi connectivity index (χ3v) is 2.73. The molecule has 0 amide bonds. The Morgan fingerprint density at radius 3 is 2.44 bits per heavy atom. The molecule has 0 aromatic rings. The van der Waals surface area contributed by atoms with Gasteiger partial charge in [0.05, 0.1) is 12.5 Å². The lowest BCUT2D eigenvalue weighted by atomic mass is 10.00. The molecule has 0 spiro atoms. The number of rotatable bonds is 9. The van der Waals surface area contributed by atoms with Crippen LogP contribution in [-0.4, -0.2) is 38.1 Å². The standard InChI is InChI=1S/C13H27NO2/c1-5-7-9-12(6-2)13(15)16-11-8-10-14(3)4/h12H,5-11H2,1-4H3. The minimum Gasteiger partial charge on any atom is -0.465 e. The molecule has 16 heavy (non-hydrogen) atoms. The first kappa shape index (κ1) is 15.4. The van der Waals surface area contributed by atoms with Gasteiger partial charge in [-0.05, 0) is 33.4 Å². The van der Waals surface area contributed by atoms with Crippen LogP contribution in [0.4, 0.5) is 0 Å². The molecule has 0 rings (SSSR count). The van der Waals surface area contributed by atoms with Crippen molar-refractivity contribution in [2.45, 2.75) is 46.0 Å². The quantitative estimate of drug-likeness (QED) is 0.450. The Morgan fingerprint density at radius 1 is 1.25 bits per heavy atom. The number of nitrogens with zero attached hydrogens (tertiary/aromatic N) is 1. The Kier molecular flexibility index (Phi) is 9.30. The lowest BCUT2D eigenvalue weighted by Crippen LogP contribution is -2.20. The SMILES string of the molecule is CCCCC(CC)C(=O)OCCCN(C)C. The van der Waals surface area contributed by atoms with Gasteiger partial charge in [-0.2, -0.15) is 0 Å². The number of hydrogen-bond donors (Lipinski definition) is 0. The highest BCUT2D eigenvalue weighted by Crippen LogP contribution is 2.14. The molecule has 3 heteroatoms. The first-order chi connectivity index (χ1) is 7.61. The second-order valence-electron chi connectivity index (χ2n) is 4.57. The van der Waals surface area contributed by atoms with E-state index in [0.29, 0.717) is 6.61 Å². The average molecular weight is 229 g/mol. The highest BCUT2D eigenvalue weighted by Gasteiger charge is 2.16. The van der Waals surface area contributed by atoms with Gasteiger partial charge in [-0.3, -0.25) is 4.79 Å². The number of carbonyl (C=O) groups excluding carboxylic acids is 1. The highest BCUT2D eigenvalue weighted by molar-refractivity contribution is 5.72. The molecule has 0 saturated heterocycles. The molecular weight excluding hydrogens is 202 g/mol. The second kappa shape index (κ2) is 9.64. The molecule has 0 N–H and O–H groups in total. The molecule has 0 fully saturated rings. The maximum absolute atomic E-state index is 11.7. The molecule has 96 valence electrons. The van der Waals surface area contributed by atoms with Crippen molar-refractivity contribution in [3.05, 3.63) is 0 Å². The number of esters is 1. The van der Waals surface area contributed by atoms with Crippen molar-refractivity contribution in [1.82, 2.24) is 4.90 Å². The fourth-order valence-electron chi connectivity index (χ4n) is 1.61. The van der Waals surface area contributed by atoms with Gasteiger partial charge >= 0.3 is 5.97 Å². The average Bonchev–Trinajstić information content (AvgIpc) is 2.25. The predicted molar refractivity (Wildman–Crippen MR) is 67.4 cm³/mol. The summed E-state index contributed by atoms with van der Waals surface area (Å²) >= 11 is 0. The molecule has 1 unspecified atom stereocenters. The van der Waals surface area contributed by atoms with Crippen molar-refractivity contribution < 1.29 is 9.53 Å². The van der Waals surface area contributed by atoms with Gasteiger partial charge in [-0.1, -0.05) is 26.7 Å². The zero-order valence-electron chi connectivity index (χ0n) is 11.3. The normalized spacial score (nSPS) is 12.8. The van der Waals surface area contributed by atoms with Gasteiger partial charge in [0.1, 0.15) is 0 Å². The molecule has 0 aliphatic carbocycles. The summed E-state index contributed by atoms with van der Waals surface area (Å²) in [6.45, 7) is 5.73. The Morgan fingerprint density at radius 2 is 1.94 bits per heavy atom. The Balaban J connectivity index is 3.66. The molecule has 0 radical (unpaired) electrons. The van der Waals surface area contributed by atoms with E-state index in [1.54, 1.807) is 0 Å². The summed E-state index contributed by atoms with van der Waals surface area (Å²) in [4.78, 5) is 13.8. The lowest BCUT2D eigenvalue weighted by Gasteiger charge is -2.14. The molecular formula is C13H27NO2. The maximum atomic E-state index is 11.7. The summed E-state index contributed by atoms with van der Waals surface area (Å²) in [7, 11) is 4.05. The van der Waals surface area contributed by atoms with Crippen LogP contribution in [0.25, 0.3) is 0 Å². The van der Waals surface area contributed by atoms with Gasteiger partial charge in [-0.25, -0.2) is 0 Å². The van der Waals surface area contributed by atoms with E-state index in [-0.39, 0.29) is 11.9 Å². The van der Waals surface area contributed by atoms with Crippen molar-refractivity contribution >= 4 is 5.97 Å². The van der Waals surface area contributed by atoms with E-state index in [1.807, 2.05) is 14.1 Å². The van der Waals surface area contributed by atoms with Crippen molar-refractivity contribution in [3.63, 3.8) is 0 Å². The lowest BCUT2D eigenvalue weighted by molar-refractivity contribution is -0.149. The number of ether oxygens (including phenoxy) is 1. The second-order valence-corrected chi connectivity index (χ2v) is 4.57. The molecule has 1 atom stereocenters. The van der Waals surface area contributed by atoms with Gasteiger partial charge < -0.3 is 9.64 Å². The van der Waals surface area contributed by atoms with E-state index >= 15 is 0 Å². The molecule has 0 aromatic carbocycles. The zero-order chi connectivity index (χ0) is 12.4. The predicted octanol–water partition coefficient (Wildman–Crippen LogP) is 2.70. The number of hydrogen-bond acceptors (Lipinski definition) is 3. The molecule has 0 aliphatic rings. The smallest absolute Gasteiger partial charge is 0.308 e. The molecule has 0 aliphatic heterocycles. The first-order valence-corrected chi connectivity index (χ1v) is 6.43. The van der Waals surface area contributed by atoms with Crippen LogP contribution in [0.2, 0.25) is 0 Å². The van der Waals surface area contributed by atoms with Crippen molar-refractivity contribution in [3.8, 4) is 0 Å². The topological polar surface area (TPSA) is 29.5 Å². The summed E-state index contributed by atoms with van der Waals surface area (Å²) in [6.07, 6.45) is 5.05.